The first-order valence-corrected chi connectivity index (χ1v) is 4.69. The van der Waals surface area contributed by atoms with Crippen LogP contribution in [0.1, 0.15) is 25.7 Å². The maximum atomic E-state index is 6.18. The van der Waals surface area contributed by atoms with Crippen molar-refractivity contribution < 1.29 is 0 Å². The first-order chi connectivity index (χ1) is 4.88. The number of nitrogens with one attached hydrogen (secondary N) is 1. The monoisotopic (exact) mass is 159 g/mol. The van der Waals surface area contributed by atoms with Crippen molar-refractivity contribution >= 4 is 11.6 Å². The molecule has 2 fully saturated rings. The largest absolute Gasteiger partial charge is 0.314 e. The fourth-order valence-corrected chi connectivity index (χ4v) is 2.74. The first kappa shape index (κ1) is 6.93. The van der Waals surface area contributed by atoms with Gasteiger partial charge in [0, 0.05) is 11.4 Å². The van der Waals surface area contributed by atoms with E-state index in [9.17, 15) is 0 Å². The Balaban J connectivity index is 2.03. The average molecular weight is 160 g/mol. The minimum absolute atomic E-state index is 0.466. The molecule has 1 heterocycles. The summed E-state index contributed by atoms with van der Waals surface area (Å²) in [6.45, 7) is 1.19. The second-order valence-corrected chi connectivity index (χ2v) is 4.02. The van der Waals surface area contributed by atoms with Crippen molar-refractivity contribution in [1.29, 1.82) is 0 Å². The van der Waals surface area contributed by atoms with E-state index in [1.54, 1.807) is 0 Å². The molecule has 1 aliphatic heterocycles. The lowest BCUT2D eigenvalue weighted by Gasteiger charge is -2.29. The van der Waals surface area contributed by atoms with Crippen molar-refractivity contribution in [1.82, 2.24) is 5.32 Å². The molecule has 1 nitrogen and oxygen atoms in total. The van der Waals surface area contributed by atoms with Gasteiger partial charge >= 0.3 is 0 Å². The molecule has 2 aliphatic rings. The zero-order valence-corrected chi connectivity index (χ0v) is 6.90. The van der Waals surface area contributed by atoms with Crippen LogP contribution in [-0.2, 0) is 0 Å². The lowest BCUT2D eigenvalue weighted by atomic mass is 9.85. The van der Waals surface area contributed by atoms with Crippen LogP contribution in [0.25, 0.3) is 0 Å². The van der Waals surface area contributed by atoms with E-state index in [2.05, 4.69) is 5.32 Å². The van der Waals surface area contributed by atoms with Crippen LogP contribution in [0, 0.1) is 5.92 Å². The topological polar surface area (TPSA) is 12.0 Å². The van der Waals surface area contributed by atoms with Crippen LogP contribution < -0.4 is 5.32 Å². The van der Waals surface area contributed by atoms with Crippen LogP contribution in [0.5, 0.6) is 0 Å². The van der Waals surface area contributed by atoms with Gasteiger partial charge in [0.1, 0.15) is 0 Å². The number of alkyl halides is 1. The summed E-state index contributed by atoms with van der Waals surface area (Å²) in [6.07, 6.45) is 5.22. The van der Waals surface area contributed by atoms with Crippen LogP contribution in [0.4, 0.5) is 0 Å². The average Bonchev–Trinajstić information content (AvgIpc) is 2.36. The summed E-state index contributed by atoms with van der Waals surface area (Å²) in [5, 5.41) is 3.97. The van der Waals surface area contributed by atoms with Gasteiger partial charge in [0.2, 0.25) is 0 Å². The van der Waals surface area contributed by atoms with Crippen LogP contribution in [0.15, 0.2) is 0 Å². The number of rotatable bonds is 0. The smallest absolute Gasteiger partial charge is 0.0379 e. The van der Waals surface area contributed by atoms with E-state index >= 15 is 0 Å². The van der Waals surface area contributed by atoms with Crippen molar-refractivity contribution in [2.24, 2.45) is 5.92 Å². The standard InChI is InChI=1S/C8H14ClN/c9-7-2-1-3-8-6(7)4-5-10-8/h6-8,10H,1-5H2. The Kier molecular flexibility index (Phi) is 1.88. The summed E-state index contributed by atoms with van der Waals surface area (Å²) >= 11 is 6.18. The highest BCUT2D eigenvalue weighted by molar-refractivity contribution is 6.20. The molecule has 10 heavy (non-hydrogen) atoms. The molecule has 1 saturated carbocycles. The van der Waals surface area contributed by atoms with E-state index in [0.29, 0.717) is 5.38 Å². The predicted octanol–water partition coefficient (Wildman–Crippen LogP) is 1.76. The van der Waals surface area contributed by atoms with Crippen molar-refractivity contribution in [3.05, 3.63) is 0 Å². The van der Waals surface area contributed by atoms with Crippen LogP contribution in [-0.4, -0.2) is 18.0 Å². The van der Waals surface area contributed by atoms with E-state index in [-0.39, 0.29) is 0 Å². The Labute approximate surface area is 67.1 Å². The van der Waals surface area contributed by atoms with Gasteiger partial charge in [-0.1, -0.05) is 6.42 Å². The summed E-state index contributed by atoms with van der Waals surface area (Å²) in [4.78, 5) is 0. The number of fused-ring (bicyclic) bond motifs is 1. The lowest BCUT2D eigenvalue weighted by molar-refractivity contribution is 0.332. The summed E-state index contributed by atoms with van der Waals surface area (Å²) in [7, 11) is 0. The van der Waals surface area contributed by atoms with E-state index in [0.717, 1.165) is 12.0 Å². The maximum Gasteiger partial charge on any atom is 0.0379 e. The molecule has 58 valence electrons. The minimum Gasteiger partial charge on any atom is -0.314 e. The Bertz CT molecular complexity index is 126. The van der Waals surface area contributed by atoms with Crippen LogP contribution >= 0.6 is 11.6 Å². The third-order valence-electron chi connectivity index (χ3n) is 2.86. The summed E-state index contributed by atoms with van der Waals surface area (Å²) in [6, 6.07) is 0.760. The van der Waals surface area contributed by atoms with E-state index in [1.807, 2.05) is 0 Å². The molecule has 1 aliphatic carbocycles. The van der Waals surface area contributed by atoms with E-state index in [1.165, 1.54) is 32.2 Å². The zero-order chi connectivity index (χ0) is 6.97. The molecule has 0 aromatic rings. The lowest BCUT2D eigenvalue weighted by Crippen LogP contribution is -2.35. The third-order valence-corrected chi connectivity index (χ3v) is 3.40. The Morgan fingerprint density at radius 2 is 2.10 bits per heavy atom. The highest BCUT2D eigenvalue weighted by atomic mass is 35.5. The number of halogens is 1. The molecule has 2 heteroatoms. The number of hydrogen-bond acceptors (Lipinski definition) is 1. The SMILES string of the molecule is ClC1CCCC2NCCC12. The molecule has 3 unspecified atom stereocenters. The molecule has 0 bridgehead atoms. The minimum atomic E-state index is 0.466. The summed E-state index contributed by atoms with van der Waals surface area (Å²) in [5.41, 5.74) is 0. The Morgan fingerprint density at radius 3 is 2.90 bits per heavy atom. The summed E-state index contributed by atoms with van der Waals surface area (Å²) < 4.78 is 0. The van der Waals surface area contributed by atoms with Gasteiger partial charge < -0.3 is 5.32 Å². The molecule has 1 N–H and O–H groups in total. The van der Waals surface area contributed by atoms with Gasteiger partial charge in [0.15, 0.2) is 0 Å². The highest BCUT2D eigenvalue weighted by Gasteiger charge is 2.34. The molecular weight excluding hydrogens is 146 g/mol. The van der Waals surface area contributed by atoms with Crippen molar-refractivity contribution in [2.75, 3.05) is 6.54 Å². The normalized spacial score (nSPS) is 47.1. The second kappa shape index (κ2) is 2.71. The van der Waals surface area contributed by atoms with Gasteiger partial charge in [0.25, 0.3) is 0 Å². The first-order valence-electron chi connectivity index (χ1n) is 4.25. The Hall–Kier alpha value is 0.250. The predicted molar refractivity (Wildman–Crippen MR) is 43.4 cm³/mol. The van der Waals surface area contributed by atoms with Gasteiger partial charge in [-0.15, -0.1) is 11.6 Å². The molecule has 0 amide bonds. The fraction of sp³-hybridized carbons (Fsp3) is 1.00. The van der Waals surface area contributed by atoms with Crippen LogP contribution in [0.3, 0.4) is 0 Å². The molecule has 0 aromatic carbocycles. The quantitative estimate of drug-likeness (QED) is 0.532. The highest BCUT2D eigenvalue weighted by Crippen LogP contribution is 2.33. The Morgan fingerprint density at radius 1 is 1.20 bits per heavy atom. The van der Waals surface area contributed by atoms with Crippen molar-refractivity contribution in [3.63, 3.8) is 0 Å². The molecule has 2 rings (SSSR count). The molecule has 0 aromatic heterocycles. The van der Waals surface area contributed by atoms with Gasteiger partial charge in [-0.25, -0.2) is 0 Å². The molecular formula is C8H14ClN. The molecule has 3 atom stereocenters. The van der Waals surface area contributed by atoms with Crippen molar-refractivity contribution in [3.8, 4) is 0 Å². The molecule has 0 radical (unpaired) electrons. The third kappa shape index (κ3) is 1.06. The van der Waals surface area contributed by atoms with Gasteiger partial charge in [-0.3, -0.25) is 0 Å². The van der Waals surface area contributed by atoms with Gasteiger partial charge in [-0.05, 0) is 31.7 Å². The summed E-state index contributed by atoms with van der Waals surface area (Å²) in [5.74, 6) is 0.787. The van der Waals surface area contributed by atoms with E-state index in [4.69, 9.17) is 11.6 Å². The van der Waals surface area contributed by atoms with E-state index < -0.39 is 0 Å². The maximum absolute atomic E-state index is 6.18. The fourth-order valence-electron chi connectivity index (χ4n) is 2.28. The molecule has 1 saturated heterocycles. The second-order valence-electron chi connectivity index (χ2n) is 3.46. The van der Waals surface area contributed by atoms with Crippen LogP contribution in [0.2, 0.25) is 0 Å². The number of hydrogen-bond donors (Lipinski definition) is 1. The van der Waals surface area contributed by atoms with Crippen molar-refractivity contribution in [2.45, 2.75) is 37.1 Å². The van der Waals surface area contributed by atoms with Gasteiger partial charge in [-0.2, -0.15) is 0 Å². The van der Waals surface area contributed by atoms with Gasteiger partial charge in [0.05, 0.1) is 0 Å². The zero-order valence-electron chi connectivity index (χ0n) is 6.15. The molecule has 0 spiro atoms.